The number of aryl methyl sites for hydroxylation is 1. The molecule has 196 valence electrons. The third kappa shape index (κ3) is 6.82. The molecule has 0 saturated heterocycles. The predicted octanol–water partition coefficient (Wildman–Crippen LogP) is 6.40. The first-order valence-corrected chi connectivity index (χ1v) is 13.5. The number of hydrogen-bond acceptors (Lipinski definition) is 6. The molecule has 0 radical (unpaired) electrons. The van der Waals surface area contributed by atoms with Crippen molar-refractivity contribution >= 4 is 39.4 Å². The van der Waals surface area contributed by atoms with Crippen molar-refractivity contribution in [1.29, 1.82) is 5.26 Å². The van der Waals surface area contributed by atoms with Gasteiger partial charge in [-0.1, -0.05) is 29.8 Å². The standard InChI is InChI=1S/C29H27ClN2O5S/c1-5-8-22-15-21(16-23(18-31)29(33)32-26-10-7-9-19(3)20(26)4)17-27(36-6-2)28(22)37-38(34,35)25-13-11-24(30)12-14-25/h5,7,9-17H,1,6,8H2,2-4H3,(H,32,33)/b23-16+. The molecule has 0 aromatic heterocycles. The zero-order valence-corrected chi connectivity index (χ0v) is 22.8. The summed E-state index contributed by atoms with van der Waals surface area (Å²) < 4.78 is 37.2. The Hall–Kier alpha value is -4.06. The lowest BCUT2D eigenvalue weighted by Gasteiger charge is -2.17. The summed E-state index contributed by atoms with van der Waals surface area (Å²) in [6.07, 6.45) is 3.23. The molecule has 0 aliphatic carbocycles. The molecule has 0 atom stereocenters. The lowest BCUT2D eigenvalue weighted by atomic mass is 10.0. The zero-order valence-electron chi connectivity index (χ0n) is 21.2. The number of allylic oxidation sites excluding steroid dienone is 1. The number of nitriles is 1. The number of rotatable bonds is 10. The lowest BCUT2D eigenvalue weighted by molar-refractivity contribution is -0.112. The largest absolute Gasteiger partial charge is 0.490 e. The van der Waals surface area contributed by atoms with Crippen LogP contribution in [0, 0.1) is 25.2 Å². The zero-order chi connectivity index (χ0) is 27.9. The molecule has 7 nitrogen and oxygen atoms in total. The van der Waals surface area contributed by atoms with Crippen LogP contribution in [0.2, 0.25) is 5.02 Å². The van der Waals surface area contributed by atoms with Crippen LogP contribution >= 0.6 is 11.6 Å². The number of benzene rings is 3. The van der Waals surface area contributed by atoms with Gasteiger partial charge in [0, 0.05) is 16.3 Å². The highest BCUT2D eigenvalue weighted by molar-refractivity contribution is 7.87. The summed E-state index contributed by atoms with van der Waals surface area (Å²) in [6.45, 7) is 9.51. The molecule has 0 saturated carbocycles. The minimum Gasteiger partial charge on any atom is -0.490 e. The Bertz CT molecular complexity index is 1540. The second-order valence-corrected chi connectivity index (χ2v) is 10.3. The van der Waals surface area contributed by atoms with Crippen molar-refractivity contribution in [3.8, 4) is 17.6 Å². The molecule has 1 amide bonds. The van der Waals surface area contributed by atoms with Gasteiger partial charge in [0.25, 0.3) is 5.91 Å². The molecule has 0 heterocycles. The first-order valence-electron chi connectivity index (χ1n) is 11.7. The molecule has 0 bridgehead atoms. The fourth-order valence-electron chi connectivity index (χ4n) is 3.58. The SMILES string of the molecule is C=CCc1cc(/C=C(\C#N)C(=O)Nc2cccc(C)c2C)cc(OCC)c1OS(=O)(=O)c1ccc(Cl)cc1. The van der Waals surface area contributed by atoms with Crippen LogP contribution in [0.1, 0.15) is 29.2 Å². The number of carbonyl (C=O) groups excluding carboxylic acids is 1. The number of nitrogens with zero attached hydrogens (tertiary/aromatic N) is 1. The quantitative estimate of drug-likeness (QED) is 0.135. The highest BCUT2D eigenvalue weighted by Crippen LogP contribution is 2.37. The predicted molar refractivity (Wildman–Crippen MR) is 149 cm³/mol. The van der Waals surface area contributed by atoms with Crippen LogP contribution in [0.15, 0.2) is 77.7 Å². The molecular weight excluding hydrogens is 524 g/mol. The monoisotopic (exact) mass is 550 g/mol. The van der Waals surface area contributed by atoms with E-state index in [9.17, 15) is 18.5 Å². The molecule has 9 heteroatoms. The van der Waals surface area contributed by atoms with Crippen molar-refractivity contribution in [1.82, 2.24) is 0 Å². The molecule has 3 aromatic rings. The van der Waals surface area contributed by atoms with Crippen LogP contribution in [0.4, 0.5) is 5.69 Å². The molecule has 3 rings (SSSR count). The van der Waals surface area contributed by atoms with Crippen molar-refractivity contribution in [3.63, 3.8) is 0 Å². The summed E-state index contributed by atoms with van der Waals surface area (Å²) in [5, 5.41) is 12.9. The molecule has 0 fully saturated rings. The van der Waals surface area contributed by atoms with Gasteiger partial charge < -0.3 is 14.2 Å². The van der Waals surface area contributed by atoms with Crippen LogP contribution in [0.5, 0.6) is 11.5 Å². The third-order valence-electron chi connectivity index (χ3n) is 5.64. The average molecular weight is 551 g/mol. The van der Waals surface area contributed by atoms with Gasteiger partial charge >= 0.3 is 10.1 Å². The highest BCUT2D eigenvalue weighted by Gasteiger charge is 2.23. The van der Waals surface area contributed by atoms with Crippen molar-refractivity contribution in [2.45, 2.75) is 32.1 Å². The summed E-state index contributed by atoms with van der Waals surface area (Å²) in [7, 11) is -4.21. The van der Waals surface area contributed by atoms with Gasteiger partial charge in [-0.2, -0.15) is 13.7 Å². The fraction of sp³-hybridized carbons (Fsp3) is 0.172. The van der Waals surface area contributed by atoms with E-state index in [1.165, 1.54) is 36.4 Å². The lowest BCUT2D eigenvalue weighted by Crippen LogP contribution is -2.14. The molecule has 1 N–H and O–H groups in total. The smallest absolute Gasteiger partial charge is 0.339 e. The van der Waals surface area contributed by atoms with Crippen LogP contribution in [-0.2, 0) is 21.3 Å². The van der Waals surface area contributed by atoms with Gasteiger partial charge in [0.15, 0.2) is 11.5 Å². The van der Waals surface area contributed by atoms with E-state index in [4.69, 9.17) is 20.5 Å². The highest BCUT2D eigenvalue weighted by atomic mass is 35.5. The Labute approximate surface area is 228 Å². The van der Waals surface area contributed by atoms with Gasteiger partial charge in [-0.25, -0.2) is 0 Å². The summed E-state index contributed by atoms with van der Waals surface area (Å²) >= 11 is 5.88. The maximum atomic E-state index is 13.0. The first kappa shape index (κ1) is 28.5. The van der Waals surface area contributed by atoms with Crippen LogP contribution in [-0.4, -0.2) is 20.9 Å². The Morgan fingerprint density at radius 2 is 1.87 bits per heavy atom. The third-order valence-corrected chi connectivity index (χ3v) is 7.13. The van der Waals surface area contributed by atoms with Gasteiger partial charge in [-0.05, 0) is 92.4 Å². The number of nitrogens with one attached hydrogen (secondary N) is 1. The average Bonchev–Trinajstić information content (AvgIpc) is 2.87. The van der Waals surface area contributed by atoms with Crippen molar-refractivity contribution in [3.05, 3.63) is 100 Å². The molecule has 3 aromatic carbocycles. The Morgan fingerprint density at radius 1 is 1.16 bits per heavy atom. The molecule has 0 aliphatic heterocycles. The van der Waals surface area contributed by atoms with E-state index in [1.54, 1.807) is 25.1 Å². The van der Waals surface area contributed by atoms with Crippen molar-refractivity contribution in [2.75, 3.05) is 11.9 Å². The minimum absolute atomic E-state index is 0.00260. The maximum absolute atomic E-state index is 13.0. The molecular formula is C29H27ClN2O5S. The first-order chi connectivity index (χ1) is 18.1. The fourth-order valence-corrected chi connectivity index (χ4v) is 4.68. The number of anilines is 1. The number of halogens is 1. The van der Waals surface area contributed by atoms with E-state index < -0.39 is 16.0 Å². The molecule has 0 unspecified atom stereocenters. The second-order valence-electron chi connectivity index (χ2n) is 8.30. The number of carbonyl (C=O) groups is 1. The summed E-state index contributed by atoms with van der Waals surface area (Å²) in [5.74, 6) is -0.435. The summed E-state index contributed by atoms with van der Waals surface area (Å²) in [4.78, 5) is 12.8. The van der Waals surface area contributed by atoms with E-state index in [0.29, 0.717) is 21.8 Å². The molecule has 0 spiro atoms. The van der Waals surface area contributed by atoms with Crippen LogP contribution < -0.4 is 14.2 Å². The van der Waals surface area contributed by atoms with Crippen molar-refractivity contribution < 1.29 is 22.1 Å². The Kier molecular flexibility index (Phi) is 9.35. The van der Waals surface area contributed by atoms with Gasteiger partial charge in [-0.15, -0.1) is 6.58 Å². The normalized spacial score (nSPS) is 11.4. The summed E-state index contributed by atoms with van der Waals surface area (Å²) in [6, 6.07) is 16.2. The number of ether oxygens (including phenoxy) is 1. The Morgan fingerprint density at radius 3 is 2.50 bits per heavy atom. The molecule has 38 heavy (non-hydrogen) atoms. The topological polar surface area (TPSA) is 105 Å². The van der Waals surface area contributed by atoms with E-state index in [2.05, 4.69) is 11.9 Å². The van der Waals surface area contributed by atoms with E-state index in [-0.39, 0.29) is 35.0 Å². The van der Waals surface area contributed by atoms with Gasteiger partial charge in [-0.3, -0.25) is 4.79 Å². The van der Waals surface area contributed by atoms with Crippen LogP contribution in [0.3, 0.4) is 0 Å². The van der Waals surface area contributed by atoms with E-state index >= 15 is 0 Å². The van der Waals surface area contributed by atoms with Crippen molar-refractivity contribution in [2.24, 2.45) is 0 Å². The maximum Gasteiger partial charge on any atom is 0.339 e. The number of hydrogen-bond donors (Lipinski definition) is 1. The minimum atomic E-state index is -4.21. The second kappa shape index (κ2) is 12.5. The van der Waals surface area contributed by atoms with Crippen LogP contribution in [0.25, 0.3) is 6.08 Å². The summed E-state index contributed by atoms with van der Waals surface area (Å²) in [5.41, 5.74) is 3.27. The van der Waals surface area contributed by atoms with E-state index in [0.717, 1.165) is 11.1 Å². The van der Waals surface area contributed by atoms with Gasteiger partial charge in [0.1, 0.15) is 16.5 Å². The Balaban J connectivity index is 2.03. The van der Waals surface area contributed by atoms with Gasteiger partial charge in [0.05, 0.1) is 6.61 Å². The molecule has 0 aliphatic rings. The van der Waals surface area contributed by atoms with E-state index in [1.807, 2.05) is 32.0 Å². The van der Waals surface area contributed by atoms with Gasteiger partial charge in [0.2, 0.25) is 0 Å². The number of amides is 1.